The van der Waals surface area contributed by atoms with Crippen LogP contribution >= 0.6 is 0 Å². The summed E-state index contributed by atoms with van der Waals surface area (Å²) in [6.07, 6.45) is 12.6. The number of aromatic nitrogens is 2. The summed E-state index contributed by atoms with van der Waals surface area (Å²) in [5.41, 5.74) is 0.726. The number of likely N-dealkylation sites (tertiary alicyclic amines) is 1. The van der Waals surface area contributed by atoms with Crippen LogP contribution in [0.2, 0.25) is 0 Å². The standard InChI is InChI=1S/C32H42FN7O3/c1-38-25-17-34-30(37-27(25)40(21-7-3-4-8-21)20-32(11-12-32)29(38)42)36-24-16-23(33)22(15-26(24)43-2)28(41)35-18-31(9-10-31)19-39-13-5-6-14-39/h15-17,21H,3-14,18-20H2,1-2H3,(H,35,41)(H,34,36,37). The minimum Gasteiger partial charge on any atom is -0.495 e. The van der Waals surface area contributed by atoms with Gasteiger partial charge in [0.1, 0.15) is 17.3 Å². The van der Waals surface area contributed by atoms with Crippen molar-refractivity contribution < 1.29 is 18.7 Å². The molecule has 2 aliphatic heterocycles. The van der Waals surface area contributed by atoms with Crippen LogP contribution in [0.1, 0.15) is 74.6 Å². The first kappa shape index (κ1) is 28.3. The molecule has 3 heterocycles. The van der Waals surface area contributed by atoms with E-state index in [1.165, 1.54) is 44.9 Å². The van der Waals surface area contributed by atoms with E-state index >= 15 is 4.39 Å². The molecule has 2 amide bonds. The van der Waals surface area contributed by atoms with Crippen LogP contribution in [-0.2, 0) is 4.79 Å². The second-order valence-electron chi connectivity index (χ2n) is 13.4. The topological polar surface area (TPSA) is 103 Å². The molecule has 1 aromatic carbocycles. The lowest BCUT2D eigenvalue weighted by Crippen LogP contribution is -2.41. The average molecular weight is 592 g/mol. The SMILES string of the molecule is COc1cc(C(=O)NCC2(CN3CCCC3)CC2)c(F)cc1Nc1ncc2c(n1)N(C1CCCC1)CC1(CC1)C(=O)N2C. The van der Waals surface area contributed by atoms with Gasteiger partial charge in [0.15, 0.2) is 5.82 Å². The van der Waals surface area contributed by atoms with Crippen molar-refractivity contribution in [2.45, 2.75) is 70.3 Å². The van der Waals surface area contributed by atoms with Crippen molar-refractivity contribution in [3.8, 4) is 5.75 Å². The van der Waals surface area contributed by atoms with Gasteiger partial charge in [0.2, 0.25) is 11.9 Å². The zero-order valence-electron chi connectivity index (χ0n) is 25.3. The smallest absolute Gasteiger partial charge is 0.254 e. The van der Waals surface area contributed by atoms with Crippen molar-refractivity contribution in [2.75, 3.05) is 62.0 Å². The molecule has 230 valence electrons. The molecule has 4 fully saturated rings. The first-order valence-corrected chi connectivity index (χ1v) is 15.9. The number of carbonyl (C=O) groups excluding carboxylic acids is 2. The summed E-state index contributed by atoms with van der Waals surface area (Å²) in [6, 6.07) is 3.03. The average Bonchev–Trinajstić information content (AvgIpc) is 3.82. The maximum absolute atomic E-state index is 15.4. The Morgan fingerprint density at radius 1 is 1.12 bits per heavy atom. The number of hydrogen-bond donors (Lipinski definition) is 2. The molecule has 43 heavy (non-hydrogen) atoms. The van der Waals surface area contributed by atoms with E-state index in [2.05, 4.69) is 25.4 Å². The fourth-order valence-corrected chi connectivity index (χ4v) is 7.31. The Bertz CT molecular complexity index is 1410. The van der Waals surface area contributed by atoms with Gasteiger partial charge in [0.05, 0.1) is 30.0 Å². The van der Waals surface area contributed by atoms with Gasteiger partial charge in [-0.05, 0) is 70.5 Å². The van der Waals surface area contributed by atoms with E-state index < -0.39 is 11.7 Å². The summed E-state index contributed by atoms with van der Waals surface area (Å²) in [7, 11) is 3.29. The highest BCUT2D eigenvalue weighted by atomic mass is 19.1. The van der Waals surface area contributed by atoms with Crippen LogP contribution in [0.3, 0.4) is 0 Å². The molecular formula is C32H42FN7O3. The van der Waals surface area contributed by atoms with Crippen molar-refractivity contribution in [1.82, 2.24) is 20.2 Å². The number of fused-ring (bicyclic) bond motifs is 1. The summed E-state index contributed by atoms with van der Waals surface area (Å²) in [5, 5.41) is 6.11. The van der Waals surface area contributed by atoms with E-state index in [1.54, 1.807) is 18.1 Å². The van der Waals surface area contributed by atoms with Gasteiger partial charge in [-0.25, -0.2) is 9.37 Å². The van der Waals surface area contributed by atoms with Gasteiger partial charge in [-0.1, -0.05) is 12.8 Å². The number of benzene rings is 1. The first-order chi connectivity index (χ1) is 20.8. The third-order valence-electron chi connectivity index (χ3n) is 10.4. The van der Waals surface area contributed by atoms with Gasteiger partial charge in [0, 0.05) is 44.2 Å². The van der Waals surface area contributed by atoms with Gasteiger partial charge in [-0.3, -0.25) is 9.59 Å². The number of hydrogen-bond acceptors (Lipinski definition) is 8. The Labute approximate surface area is 252 Å². The molecule has 3 saturated carbocycles. The number of methoxy groups -OCH3 is 1. The molecule has 0 unspecified atom stereocenters. The maximum atomic E-state index is 15.4. The highest BCUT2D eigenvalue weighted by molar-refractivity contribution is 6.03. The second-order valence-corrected chi connectivity index (χ2v) is 13.4. The fourth-order valence-electron chi connectivity index (χ4n) is 7.31. The van der Waals surface area contributed by atoms with Gasteiger partial charge >= 0.3 is 0 Å². The summed E-state index contributed by atoms with van der Waals surface area (Å²) < 4.78 is 21.0. The Hall–Kier alpha value is -3.47. The Morgan fingerprint density at radius 3 is 2.53 bits per heavy atom. The number of amides is 2. The van der Waals surface area contributed by atoms with Crippen LogP contribution in [-0.4, -0.2) is 79.6 Å². The highest BCUT2D eigenvalue weighted by Gasteiger charge is 2.55. The number of nitrogens with one attached hydrogen (secondary N) is 2. The van der Waals surface area contributed by atoms with Crippen LogP contribution in [0.4, 0.5) is 27.5 Å². The van der Waals surface area contributed by atoms with E-state index in [0.717, 1.165) is 64.0 Å². The predicted octanol–water partition coefficient (Wildman–Crippen LogP) is 4.48. The third-order valence-corrected chi connectivity index (χ3v) is 10.4. The normalized spacial score (nSPS) is 22.4. The fraction of sp³-hybridized carbons (Fsp3) is 0.625. The lowest BCUT2D eigenvalue weighted by atomic mass is 10.0. The largest absolute Gasteiger partial charge is 0.495 e. The van der Waals surface area contributed by atoms with Gasteiger partial charge in [0.25, 0.3) is 5.91 Å². The summed E-state index contributed by atoms with van der Waals surface area (Å²) in [5.74, 6) is 0.364. The summed E-state index contributed by atoms with van der Waals surface area (Å²) in [6.45, 7) is 4.44. The van der Waals surface area contributed by atoms with Crippen molar-refractivity contribution in [3.05, 3.63) is 29.7 Å². The maximum Gasteiger partial charge on any atom is 0.254 e. The summed E-state index contributed by atoms with van der Waals surface area (Å²) in [4.78, 5) is 42.3. The van der Waals surface area contributed by atoms with Gasteiger partial charge < -0.3 is 30.1 Å². The van der Waals surface area contributed by atoms with E-state index in [-0.39, 0.29) is 28.2 Å². The van der Waals surface area contributed by atoms with Crippen molar-refractivity contribution in [2.24, 2.45) is 10.8 Å². The lowest BCUT2D eigenvalue weighted by molar-refractivity contribution is -0.122. The molecule has 11 heteroatoms. The number of carbonyl (C=O) groups is 2. The molecule has 7 rings (SSSR count). The van der Waals surface area contributed by atoms with Crippen molar-refractivity contribution >= 4 is 35.0 Å². The van der Waals surface area contributed by atoms with Crippen molar-refractivity contribution in [3.63, 3.8) is 0 Å². The molecule has 2 aromatic rings. The molecule has 1 spiro atoms. The second kappa shape index (κ2) is 10.9. The van der Waals surface area contributed by atoms with Crippen LogP contribution in [0, 0.1) is 16.6 Å². The predicted molar refractivity (Wildman–Crippen MR) is 163 cm³/mol. The van der Waals surface area contributed by atoms with E-state index in [9.17, 15) is 9.59 Å². The van der Waals surface area contributed by atoms with Crippen LogP contribution < -0.4 is 25.2 Å². The number of halogens is 1. The van der Waals surface area contributed by atoms with E-state index in [4.69, 9.17) is 9.72 Å². The van der Waals surface area contributed by atoms with Gasteiger partial charge in [-0.2, -0.15) is 4.98 Å². The van der Waals surface area contributed by atoms with Crippen LogP contribution in [0.25, 0.3) is 0 Å². The van der Waals surface area contributed by atoms with E-state index in [1.807, 2.05) is 0 Å². The Balaban J connectivity index is 1.10. The van der Waals surface area contributed by atoms with Crippen LogP contribution in [0.5, 0.6) is 5.75 Å². The summed E-state index contributed by atoms with van der Waals surface area (Å²) >= 11 is 0. The molecule has 1 aromatic heterocycles. The first-order valence-electron chi connectivity index (χ1n) is 15.9. The minimum atomic E-state index is -0.645. The van der Waals surface area contributed by atoms with Crippen molar-refractivity contribution in [1.29, 1.82) is 0 Å². The molecule has 5 aliphatic rings. The lowest BCUT2D eigenvalue weighted by Gasteiger charge is -2.31. The number of ether oxygens (including phenoxy) is 1. The molecule has 2 N–H and O–H groups in total. The Kier molecular flexibility index (Phi) is 7.18. The van der Waals surface area contributed by atoms with Gasteiger partial charge in [-0.15, -0.1) is 0 Å². The molecule has 0 radical (unpaired) electrons. The highest BCUT2D eigenvalue weighted by Crippen LogP contribution is 2.53. The quantitative estimate of drug-likeness (QED) is 0.440. The zero-order valence-corrected chi connectivity index (χ0v) is 25.3. The molecule has 0 bridgehead atoms. The zero-order chi connectivity index (χ0) is 29.8. The van der Waals surface area contributed by atoms with Crippen LogP contribution in [0.15, 0.2) is 18.3 Å². The molecule has 1 saturated heterocycles. The molecule has 0 atom stereocenters. The Morgan fingerprint density at radius 2 is 1.86 bits per heavy atom. The monoisotopic (exact) mass is 591 g/mol. The van der Waals surface area contributed by atoms with E-state index in [0.29, 0.717) is 36.3 Å². The minimum absolute atomic E-state index is 0.0514. The molecular weight excluding hydrogens is 549 g/mol. The number of nitrogens with zero attached hydrogens (tertiary/aromatic N) is 5. The molecule has 3 aliphatic carbocycles. The number of anilines is 4. The third kappa shape index (κ3) is 5.41. The number of rotatable bonds is 9. The molecule has 10 nitrogen and oxygen atoms in total.